The average molecular weight is 334 g/mol. The number of hydrogen-bond acceptors (Lipinski definition) is 4. The Labute approximate surface area is 120 Å². The summed E-state index contributed by atoms with van der Waals surface area (Å²) in [5, 5.41) is 9.91. The van der Waals surface area contributed by atoms with Crippen LogP contribution in [0, 0.1) is 5.82 Å². The van der Waals surface area contributed by atoms with Gasteiger partial charge in [0.05, 0.1) is 17.7 Å². The van der Waals surface area contributed by atoms with Crippen molar-refractivity contribution < 1.29 is 19.0 Å². The Hall–Kier alpha value is -0.690. The lowest BCUT2D eigenvalue weighted by Gasteiger charge is -2.28. The first-order valence-electron chi connectivity index (χ1n) is 6.21. The highest BCUT2D eigenvalue weighted by Crippen LogP contribution is 2.25. The Kier molecular flexibility index (Phi) is 5.57. The number of β-amino-alcohol motifs (C(OH)–C–C–N with tert-alkyl or cyclic N) is 1. The number of aliphatic hydroxyl groups excluding tert-OH is 1. The van der Waals surface area contributed by atoms with Gasteiger partial charge in [0, 0.05) is 19.6 Å². The second-order valence-corrected chi connectivity index (χ2v) is 5.31. The Morgan fingerprint density at radius 1 is 1.42 bits per heavy atom. The third kappa shape index (κ3) is 4.72. The molecule has 1 fully saturated rings. The van der Waals surface area contributed by atoms with Crippen molar-refractivity contribution in [3.8, 4) is 5.75 Å². The molecule has 1 unspecified atom stereocenters. The van der Waals surface area contributed by atoms with E-state index in [1.807, 2.05) is 0 Å². The van der Waals surface area contributed by atoms with E-state index in [0.29, 0.717) is 30.0 Å². The van der Waals surface area contributed by atoms with Crippen LogP contribution in [-0.2, 0) is 4.74 Å². The van der Waals surface area contributed by atoms with E-state index in [9.17, 15) is 9.50 Å². The van der Waals surface area contributed by atoms with Gasteiger partial charge < -0.3 is 14.6 Å². The number of hydrogen-bond donors (Lipinski definition) is 1. The lowest BCUT2D eigenvalue weighted by Crippen LogP contribution is -2.42. The number of nitrogens with zero attached hydrogens (tertiary/aromatic N) is 1. The van der Waals surface area contributed by atoms with Gasteiger partial charge in [0.2, 0.25) is 0 Å². The van der Waals surface area contributed by atoms with Crippen molar-refractivity contribution in [3.05, 3.63) is 28.5 Å². The van der Waals surface area contributed by atoms with Crippen LogP contribution in [0.5, 0.6) is 5.75 Å². The molecule has 0 spiro atoms. The first kappa shape index (κ1) is 14.7. The molecule has 106 valence electrons. The second-order valence-electron chi connectivity index (χ2n) is 4.45. The Morgan fingerprint density at radius 3 is 2.84 bits per heavy atom. The Balaban J connectivity index is 1.77. The highest BCUT2D eigenvalue weighted by atomic mass is 79.9. The fraction of sp³-hybridized carbons (Fsp3) is 0.538. The van der Waals surface area contributed by atoms with Crippen molar-refractivity contribution in [1.29, 1.82) is 0 Å². The molecule has 0 bridgehead atoms. The lowest BCUT2D eigenvalue weighted by atomic mass is 10.3. The molecular weight excluding hydrogens is 317 g/mol. The number of halogens is 2. The molecule has 1 aromatic carbocycles. The van der Waals surface area contributed by atoms with Crippen LogP contribution in [0.4, 0.5) is 4.39 Å². The molecule has 19 heavy (non-hydrogen) atoms. The molecule has 1 heterocycles. The van der Waals surface area contributed by atoms with Crippen molar-refractivity contribution >= 4 is 15.9 Å². The molecule has 0 saturated carbocycles. The molecule has 2 rings (SSSR count). The smallest absolute Gasteiger partial charge is 0.133 e. The monoisotopic (exact) mass is 333 g/mol. The minimum atomic E-state index is -0.574. The molecule has 0 aromatic heterocycles. The van der Waals surface area contributed by atoms with Crippen LogP contribution in [-0.4, -0.2) is 55.6 Å². The summed E-state index contributed by atoms with van der Waals surface area (Å²) in [6.45, 7) is 3.81. The van der Waals surface area contributed by atoms with Crippen molar-refractivity contribution in [2.24, 2.45) is 0 Å². The average Bonchev–Trinajstić information content (AvgIpc) is 2.39. The third-order valence-corrected chi connectivity index (χ3v) is 3.52. The second kappa shape index (κ2) is 7.19. The minimum Gasteiger partial charge on any atom is -0.490 e. The van der Waals surface area contributed by atoms with Crippen LogP contribution >= 0.6 is 15.9 Å². The van der Waals surface area contributed by atoms with Gasteiger partial charge in [0.15, 0.2) is 0 Å². The van der Waals surface area contributed by atoms with E-state index in [4.69, 9.17) is 9.47 Å². The number of morpholine rings is 1. The molecule has 0 amide bonds. The minimum absolute atomic E-state index is 0.182. The van der Waals surface area contributed by atoms with Gasteiger partial charge in [-0.3, -0.25) is 4.90 Å². The summed E-state index contributed by atoms with van der Waals surface area (Å²) < 4.78 is 24.2. The van der Waals surface area contributed by atoms with E-state index in [-0.39, 0.29) is 12.4 Å². The van der Waals surface area contributed by atoms with E-state index in [1.54, 1.807) is 6.07 Å². The van der Waals surface area contributed by atoms with Gasteiger partial charge in [-0.05, 0) is 34.1 Å². The summed E-state index contributed by atoms with van der Waals surface area (Å²) in [5.74, 6) is 0.204. The zero-order valence-electron chi connectivity index (χ0n) is 10.5. The highest BCUT2D eigenvalue weighted by molar-refractivity contribution is 9.10. The summed E-state index contributed by atoms with van der Waals surface area (Å²) in [7, 11) is 0. The molecule has 4 nitrogen and oxygen atoms in total. The molecule has 1 saturated heterocycles. The van der Waals surface area contributed by atoms with Gasteiger partial charge in [-0.25, -0.2) is 4.39 Å². The molecule has 1 aromatic rings. The fourth-order valence-corrected chi connectivity index (χ4v) is 2.38. The van der Waals surface area contributed by atoms with Gasteiger partial charge >= 0.3 is 0 Å². The first-order valence-corrected chi connectivity index (χ1v) is 7.00. The third-order valence-electron chi connectivity index (χ3n) is 2.90. The van der Waals surface area contributed by atoms with Crippen LogP contribution in [0.15, 0.2) is 22.7 Å². The molecule has 1 N–H and O–H groups in total. The number of ether oxygens (including phenoxy) is 2. The Morgan fingerprint density at radius 2 is 2.16 bits per heavy atom. The quantitative estimate of drug-likeness (QED) is 0.889. The standard InChI is InChI=1S/C13H17BrFNO3/c14-12-7-10(15)1-2-13(12)19-9-11(17)8-16-3-5-18-6-4-16/h1-2,7,11,17H,3-6,8-9H2. The highest BCUT2D eigenvalue weighted by Gasteiger charge is 2.15. The zero-order chi connectivity index (χ0) is 13.7. The van der Waals surface area contributed by atoms with Gasteiger partial charge in [-0.1, -0.05) is 0 Å². The molecule has 1 atom stereocenters. The van der Waals surface area contributed by atoms with Gasteiger partial charge in [0.1, 0.15) is 24.3 Å². The molecule has 1 aliphatic rings. The molecule has 6 heteroatoms. The lowest BCUT2D eigenvalue weighted by molar-refractivity contribution is 0.00458. The van der Waals surface area contributed by atoms with Gasteiger partial charge in [0.25, 0.3) is 0 Å². The summed E-state index contributed by atoms with van der Waals surface area (Å²) in [4.78, 5) is 2.14. The van der Waals surface area contributed by atoms with Crippen LogP contribution in [0.1, 0.15) is 0 Å². The predicted molar refractivity (Wildman–Crippen MR) is 72.9 cm³/mol. The van der Waals surface area contributed by atoms with E-state index in [1.165, 1.54) is 12.1 Å². The maximum absolute atomic E-state index is 12.9. The van der Waals surface area contributed by atoms with Crippen LogP contribution in [0.2, 0.25) is 0 Å². The van der Waals surface area contributed by atoms with Crippen LogP contribution < -0.4 is 4.74 Å². The van der Waals surface area contributed by atoms with Crippen molar-refractivity contribution in [2.75, 3.05) is 39.5 Å². The number of rotatable bonds is 5. The molecule has 1 aliphatic heterocycles. The van der Waals surface area contributed by atoms with E-state index in [0.717, 1.165) is 13.1 Å². The maximum Gasteiger partial charge on any atom is 0.133 e. The molecule has 0 radical (unpaired) electrons. The summed E-state index contributed by atoms with van der Waals surface area (Å²) in [6, 6.07) is 4.21. The van der Waals surface area contributed by atoms with Crippen LogP contribution in [0.25, 0.3) is 0 Å². The van der Waals surface area contributed by atoms with E-state index < -0.39 is 6.10 Å². The van der Waals surface area contributed by atoms with Gasteiger partial charge in [-0.15, -0.1) is 0 Å². The van der Waals surface area contributed by atoms with Crippen LogP contribution in [0.3, 0.4) is 0 Å². The summed E-state index contributed by atoms with van der Waals surface area (Å²) in [5.41, 5.74) is 0. The van der Waals surface area contributed by atoms with Gasteiger partial charge in [-0.2, -0.15) is 0 Å². The summed E-state index contributed by atoms with van der Waals surface area (Å²) >= 11 is 3.22. The normalized spacial score (nSPS) is 18.3. The SMILES string of the molecule is OC(COc1ccc(F)cc1Br)CN1CCOCC1. The van der Waals surface area contributed by atoms with Crippen molar-refractivity contribution in [2.45, 2.75) is 6.10 Å². The number of benzene rings is 1. The zero-order valence-corrected chi connectivity index (χ0v) is 12.1. The topological polar surface area (TPSA) is 41.9 Å². The van der Waals surface area contributed by atoms with Crippen molar-refractivity contribution in [1.82, 2.24) is 4.90 Å². The number of aliphatic hydroxyl groups is 1. The fourth-order valence-electron chi connectivity index (χ4n) is 1.91. The molecular formula is C13H17BrFNO3. The largest absolute Gasteiger partial charge is 0.490 e. The maximum atomic E-state index is 12.9. The Bertz CT molecular complexity index is 413. The predicted octanol–water partition coefficient (Wildman–Crippen LogP) is 1.66. The first-order chi connectivity index (χ1) is 9.15. The van der Waals surface area contributed by atoms with Crippen molar-refractivity contribution in [3.63, 3.8) is 0 Å². The van der Waals surface area contributed by atoms with E-state index >= 15 is 0 Å². The van der Waals surface area contributed by atoms with E-state index in [2.05, 4.69) is 20.8 Å². The molecule has 0 aliphatic carbocycles. The summed E-state index contributed by atoms with van der Waals surface area (Å²) in [6.07, 6.45) is -0.574.